The predicted molar refractivity (Wildman–Crippen MR) is 163 cm³/mol. The van der Waals surface area contributed by atoms with Gasteiger partial charge >= 0.3 is 5.97 Å². The fraction of sp³-hybridized carbons (Fsp3) is 0.719. The van der Waals surface area contributed by atoms with Crippen LogP contribution in [0.25, 0.3) is 0 Å². The van der Waals surface area contributed by atoms with Gasteiger partial charge in [0, 0.05) is 51.1 Å². The second-order valence-electron chi connectivity index (χ2n) is 12.3. The van der Waals surface area contributed by atoms with Crippen LogP contribution >= 0.6 is 0 Å². The summed E-state index contributed by atoms with van der Waals surface area (Å²) >= 11 is 0. The first-order valence-electron chi connectivity index (χ1n) is 15.9. The van der Waals surface area contributed by atoms with Gasteiger partial charge in [0.15, 0.2) is 11.5 Å². The molecule has 0 aliphatic carbocycles. The Labute approximate surface area is 256 Å². The van der Waals surface area contributed by atoms with Crippen molar-refractivity contribution in [1.29, 1.82) is 0 Å². The molecule has 2 saturated heterocycles. The van der Waals surface area contributed by atoms with Crippen LogP contribution in [0.15, 0.2) is 12.1 Å². The van der Waals surface area contributed by atoms with E-state index in [1.165, 1.54) is 0 Å². The molecule has 2 fully saturated rings. The smallest absolute Gasteiger partial charge is 0.308 e. The molecular weight excluding hydrogens is 552 g/mol. The molecule has 2 amide bonds. The summed E-state index contributed by atoms with van der Waals surface area (Å²) < 4.78 is 16.8. The molecule has 3 aliphatic heterocycles. The van der Waals surface area contributed by atoms with Crippen LogP contribution in [0.2, 0.25) is 0 Å². The Morgan fingerprint density at radius 1 is 1.09 bits per heavy atom. The van der Waals surface area contributed by atoms with Crippen LogP contribution in [0.4, 0.5) is 0 Å². The second kappa shape index (κ2) is 15.6. The molecule has 43 heavy (non-hydrogen) atoms. The first-order valence-corrected chi connectivity index (χ1v) is 15.9. The van der Waals surface area contributed by atoms with Gasteiger partial charge in [0.05, 0.1) is 19.6 Å². The fourth-order valence-corrected chi connectivity index (χ4v) is 6.70. The van der Waals surface area contributed by atoms with E-state index in [9.17, 15) is 19.5 Å². The summed E-state index contributed by atoms with van der Waals surface area (Å²) in [6, 6.07) is 3.36. The van der Waals surface area contributed by atoms with E-state index in [0.717, 1.165) is 50.8 Å². The van der Waals surface area contributed by atoms with Gasteiger partial charge < -0.3 is 34.0 Å². The van der Waals surface area contributed by atoms with Gasteiger partial charge in [-0.15, -0.1) is 0 Å². The number of carboxylic acids is 1. The second-order valence-corrected chi connectivity index (χ2v) is 12.3. The molecule has 0 radical (unpaired) electrons. The highest BCUT2D eigenvalue weighted by atomic mass is 16.7. The van der Waals surface area contributed by atoms with Crippen LogP contribution in [-0.2, 0) is 14.4 Å². The number of ether oxygens (including phenoxy) is 3. The SMILES string of the molecule is CCCCN(CCCCN(C)C)C(=O)CN1C[C@H](c2cc(OC)c3c(c2)OCO3)C(C(=O)O)[C@@H]1CCCN1CCCC1=O. The molecule has 1 aromatic carbocycles. The lowest BCUT2D eigenvalue weighted by Crippen LogP contribution is -2.45. The van der Waals surface area contributed by atoms with Crippen molar-refractivity contribution in [3.05, 3.63) is 17.7 Å². The number of methoxy groups -OCH3 is 1. The van der Waals surface area contributed by atoms with Crippen LogP contribution in [-0.4, -0.2) is 122 Å². The number of rotatable bonds is 17. The zero-order valence-electron chi connectivity index (χ0n) is 26.4. The number of likely N-dealkylation sites (tertiary alicyclic amines) is 2. The number of carbonyl (C=O) groups excluding carboxylic acids is 2. The molecule has 240 valence electrons. The Bertz CT molecular complexity index is 1110. The molecule has 1 aromatic rings. The van der Waals surface area contributed by atoms with Gasteiger partial charge in [-0.2, -0.15) is 0 Å². The molecule has 1 unspecified atom stereocenters. The van der Waals surface area contributed by atoms with E-state index < -0.39 is 11.9 Å². The maximum Gasteiger partial charge on any atom is 0.308 e. The number of fused-ring (bicyclic) bond motifs is 1. The fourth-order valence-electron chi connectivity index (χ4n) is 6.70. The maximum atomic E-state index is 13.8. The Kier molecular flexibility index (Phi) is 11.9. The largest absolute Gasteiger partial charge is 0.493 e. The Balaban J connectivity index is 1.55. The minimum atomic E-state index is -0.884. The van der Waals surface area contributed by atoms with Crippen molar-refractivity contribution in [3.63, 3.8) is 0 Å². The van der Waals surface area contributed by atoms with Crippen LogP contribution in [0.1, 0.15) is 69.8 Å². The van der Waals surface area contributed by atoms with E-state index in [-0.39, 0.29) is 37.1 Å². The van der Waals surface area contributed by atoms with E-state index in [0.29, 0.717) is 62.7 Å². The van der Waals surface area contributed by atoms with Crippen molar-refractivity contribution in [3.8, 4) is 17.2 Å². The number of hydrogen-bond donors (Lipinski definition) is 1. The third kappa shape index (κ3) is 8.32. The van der Waals surface area contributed by atoms with Crippen LogP contribution < -0.4 is 14.2 Å². The van der Waals surface area contributed by atoms with Gasteiger partial charge in [-0.05, 0) is 76.9 Å². The van der Waals surface area contributed by atoms with E-state index in [2.05, 4.69) is 30.8 Å². The van der Waals surface area contributed by atoms with Gasteiger partial charge in [-0.3, -0.25) is 19.3 Å². The van der Waals surface area contributed by atoms with Gasteiger partial charge in [0.25, 0.3) is 0 Å². The number of amides is 2. The molecule has 4 rings (SSSR count). The van der Waals surface area contributed by atoms with Crippen LogP contribution in [0.3, 0.4) is 0 Å². The van der Waals surface area contributed by atoms with Crippen molar-refractivity contribution in [2.24, 2.45) is 5.92 Å². The maximum absolute atomic E-state index is 13.8. The van der Waals surface area contributed by atoms with Gasteiger partial charge in [0.2, 0.25) is 24.4 Å². The molecule has 3 heterocycles. The van der Waals surface area contributed by atoms with Crippen molar-refractivity contribution < 1.29 is 33.7 Å². The summed E-state index contributed by atoms with van der Waals surface area (Å²) in [5.74, 6) is -0.184. The van der Waals surface area contributed by atoms with E-state index >= 15 is 0 Å². The van der Waals surface area contributed by atoms with Crippen molar-refractivity contribution in [2.75, 3.05) is 73.8 Å². The van der Waals surface area contributed by atoms with Crippen LogP contribution in [0, 0.1) is 5.92 Å². The average molecular weight is 603 g/mol. The number of aliphatic carboxylic acids is 1. The quantitative estimate of drug-likeness (QED) is 0.269. The summed E-state index contributed by atoms with van der Waals surface area (Å²) in [5, 5.41) is 10.6. The Morgan fingerprint density at radius 2 is 1.86 bits per heavy atom. The van der Waals surface area contributed by atoms with Gasteiger partial charge in [-0.1, -0.05) is 13.3 Å². The van der Waals surface area contributed by atoms with E-state index in [1.54, 1.807) is 7.11 Å². The summed E-state index contributed by atoms with van der Waals surface area (Å²) in [5.41, 5.74) is 0.801. The molecule has 0 bridgehead atoms. The summed E-state index contributed by atoms with van der Waals surface area (Å²) in [6.45, 7) is 6.57. The van der Waals surface area contributed by atoms with Crippen molar-refractivity contribution in [2.45, 2.75) is 70.3 Å². The summed E-state index contributed by atoms with van der Waals surface area (Å²) in [7, 11) is 5.66. The first-order chi connectivity index (χ1) is 20.7. The normalized spacial score (nSPS) is 21.7. The monoisotopic (exact) mass is 602 g/mol. The van der Waals surface area contributed by atoms with Crippen LogP contribution in [0.5, 0.6) is 17.2 Å². The molecule has 0 saturated carbocycles. The zero-order chi connectivity index (χ0) is 30.9. The predicted octanol–water partition coefficient (Wildman–Crippen LogP) is 3.27. The van der Waals surface area contributed by atoms with E-state index in [1.807, 2.05) is 21.9 Å². The topological polar surface area (TPSA) is 112 Å². The van der Waals surface area contributed by atoms with Gasteiger partial charge in [-0.25, -0.2) is 0 Å². The molecule has 3 aliphatic rings. The minimum Gasteiger partial charge on any atom is -0.493 e. The number of unbranched alkanes of at least 4 members (excludes halogenated alkanes) is 2. The van der Waals surface area contributed by atoms with Crippen molar-refractivity contribution in [1.82, 2.24) is 19.6 Å². The number of nitrogens with zero attached hydrogens (tertiary/aromatic N) is 4. The minimum absolute atomic E-state index is 0.0473. The number of benzene rings is 1. The molecule has 0 spiro atoms. The lowest BCUT2D eigenvalue weighted by atomic mass is 9.83. The lowest BCUT2D eigenvalue weighted by Gasteiger charge is -2.30. The molecule has 11 nitrogen and oxygen atoms in total. The van der Waals surface area contributed by atoms with E-state index in [4.69, 9.17) is 14.2 Å². The highest BCUT2D eigenvalue weighted by molar-refractivity contribution is 5.79. The third-order valence-corrected chi connectivity index (χ3v) is 9.00. The highest BCUT2D eigenvalue weighted by Crippen LogP contribution is 2.47. The number of hydrogen-bond acceptors (Lipinski definition) is 8. The standard InChI is InChI=1S/C32H50N4O7/c1-5-6-14-35(15-8-7-13-33(2)3)29(38)21-36-20-24(23-18-26(41-4)31-27(19-23)42-22-43-31)30(32(39)40)25(36)11-9-16-34-17-10-12-28(34)37/h18-19,24-25,30H,5-17,20-22H2,1-4H3,(H,39,40)/t24-,25+,30?/m1/s1. The first kappa shape index (κ1) is 32.9. The third-order valence-electron chi connectivity index (χ3n) is 9.00. The molecular formula is C32H50N4O7. The number of carboxylic acid groups (broad SMARTS) is 1. The molecule has 0 aromatic heterocycles. The molecule has 3 atom stereocenters. The molecule has 1 N–H and O–H groups in total. The Hall–Kier alpha value is -3.05. The Morgan fingerprint density at radius 3 is 2.53 bits per heavy atom. The number of carbonyl (C=O) groups is 3. The zero-order valence-corrected chi connectivity index (χ0v) is 26.4. The lowest BCUT2D eigenvalue weighted by molar-refractivity contribution is -0.144. The van der Waals surface area contributed by atoms with Crippen molar-refractivity contribution >= 4 is 17.8 Å². The summed E-state index contributed by atoms with van der Waals surface area (Å²) in [6.07, 6.45) is 6.60. The summed E-state index contributed by atoms with van der Waals surface area (Å²) in [4.78, 5) is 47.0. The van der Waals surface area contributed by atoms with Gasteiger partial charge in [0.1, 0.15) is 0 Å². The highest BCUT2D eigenvalue weighted by Gasteiger charge is 2.47. The average Bonchev–Trinajstić information content (AvgIpc) is 3.71. The molecule has 11 heteroatoms.